The van der Waals surface area contributed by atoms with Crippen LogP contribution in [0.3, 0.4) is 0 Å². The van der Waals surface area contributed by atoms with Gasteiger partial charge in [0, 0.05) is 31.4 Å². The Morgan fingerprint density at radius 3 is 2.91 bits per heavy atom. The molecule has 1 aromatic rings. The number of aromatic amines is 1. The van der Waals surface area contributed by atoms with Crippen LogP contribution >= 0.6 is 0 Å². The summed E-state index contributed by atoms with van der Waals surface area (Å²) < 4.78 is 5.50. The van der Waals surface area contributed by atoms with Crippen molar-refractivity contribution in [1.82, 2.24) is 20.4 Å². The van der Waals surface area contributed by atoms with Gasteiger partial charge in [0.25, 0.3) is 0 Å². The minimum absolute atomic E-state index is 0.186. The Morgan fingerprint density at radius 2 is 2.27 bits per heavy atom. The van der Waals surface area contributed by atoms with Crippen molar-refractivity contribution >= 4 is 6.09 Å². The standard InChI is InChI=1S/C16H28N4O2/c1-12(14-8-9-17-19-14)18-13-7-5-6-10-20(11-13)15(21)22-16(2,3)4/h8-9,12-13,18H,5-7,10-11H2,1-4H3,(H,17,19). The molecule has 0 saturated carbocycles. The van der Waals surface area contributed by atoms with Crippen LogP contribution in [0.5, 0.6) is 0 Å². The zero-order valence-electron chi connectivity index (χ0n) is 14.1. The van der Waals surface area contributed by atoms with Crippen LogP contribution in [0, 0.1) is 0 Å². The first-order valence-electron chi connectivity index (χ1n) is 8.08. The molecule has 2 rings (SSSR count). The van der Waals surface area contributed by atoms with E-state index < -0.39 is 5.60 Å². The number of nitrogens with zero attached hydrogens (tertiary/aromatic N) is 2. The van der Waals surface area contributed by atoms with Gasteiger partial charge in [0.2, 0.25) is 0 Å². The smallest absolute Gasteiger partial charge is 0.410 e. The summed E-state index contributed by atoms with van der Waals surface area (Å²) in [6.45, 7) is 9.27. The van der Waals surface area contributed by atoms with Crippen molar-refractivity contribution in [3.63, 3.8) is 0 Å². The van der Waals surface area contributed by atoms with Crippen LogP contribution in [0.4, 0.5) is 4.79 Å². The molecule has 6 nitrogen and oxygen atoms in total. The molecule has 1 amide bonds. The highest BCUT2D eigenvalue weighted by Crippen LogP contribution is 2.18. The van der Waals surface area contributed by atoms with E-state index in [0.717, 1.165) is 31.5 Å². The molecule has 6 heteroatoms. The zero-order chi connectivity index (χ0) is 16.2. The molecule has 0 bridgehead atoms. The average molecular weight is 308 g/mol. The number of hydrogen-bond donors (Lipinski definition) is 2. The van der Waals surface area contributed by atoms with Gasteiger partial charge in [-0.2, -0.15) is 5.10 Å². The molecule has 1 aliphatic rings. The van der Waals surface area contributed by atoms with Crippen LogP contribution in [0.1, 0.15) is 58.7 Å². The Labute approximate surface area is 132 Å². The lowest BCUT2D eigenvalue weighted by molar-refractivity contribution is 0.0242. The summed E-state index contributed by atoms with van der Waals surface area (Å²) in [5.41, 5.74) is 0.614. The fraction of sp³-hybridized carbons (Fsp3) is 0.750. The minimum atomic E-state index is -0.449. The van der Waals surface area contributed by atoms with E-state index in [0.29, 0.717) is 6.54 Å². The first-order chi connectivity index (χ1) is 10.3. The number of likely N-dealkylation sites (tertiary alicyclic amines) is 1. The molecule has 22 heavy (non-hydrogen) atoms. The second-order valence-corrected chi connectivity index (χ2v) is 7.02. The van der Waals surface area contributed by atoms with E-state index in [1.807, 2.05) is 31.7 Å². The summed E-state index contributed by atoms with van der Waals surface area (Å²) in [4.78, 5) is 14.1. The molecule has 2 unspecified atom stereocenters. The van der Waals surface area contributed by atoms with Crippen LogP contribution in [0.25, 0.3) is 0 Å². The fourth-order valence-corrected chi connectivity index (χ4v) is 2.72. The molecule has 2 heterocycles. The highest BCUT2D eigenvalue weighted by molar-refractivity contribution is 5.68. The monoisotopic (exact) mass is 308 g/mol. The molecule has 1 aliphatic heterocycles. The van der Waals surface area contributed by atoms with Gasteiger partial charge >= 0.3 is 6.09 Å². The maximum absolute atomic E-state index is 12.3. The lowest BCUT2D eigenvalue weighted by atomic mass is 10.1. The quantitative estimate of drug-likeness (QED) is 0.901. The molecule has 2 N–H and O–H groups in total. The molecular formula is C16H28N4O2. The third kappa shape index (κ3) is 5.02. The minimum Gasteiger partial charge on any atom is -0.444 e. The van der Waals surface area contributed by atoms with E-state index in [1.54, 1.807) is 6.20 Å². The Bertz CT molecular complexity index is 467. The van der Waals surface area contributed by atoms with E-state index in [9.17, 15) is 4.79 Å². The van der Waals surface area contributed by atoms with Gasteiger partial charge in [0.05, 0.1) is 5.69 Å². The van der Waals surface area contributed by atoms with Crippen molar-refractivity contribution in [3.8, 4) is 0 Å². The Morgan fingerprint density at radius 1 is 1.50 bits per heavy atom. The molecule has 124 valence electrons. The number of hydrogen-bond acceptors (Lipinski definition) is 4. The van der Waals surface area contributed by atoms with E-state index in [1.165, 1.54) is 0 Å². The maximum Gasteiger partial charge on any atom is 0.410 e. The van der Waals surface area contributed by atoms with Gasteiger partial charge in [-0.3, -0.25) is 5.10 Å². The van der Waals surface area contributed by atoms with Gasteiger partial charge in [0.1, 0.15) is 5.60 Å². The van der Waals surface area contributed by atoms with E-state index in [2.05, 4.69) is 22.4 Å². The number of nitrogens with one attached hydrogen (secondary N) is 2. The average Bonchev–Trinajstić information content (AvgIpc) is 2.84. The van der Waals surface area contributed by atoms with Gasteiger partial charge in [-0.1, -0.05) is 6.42 Å². The van der Waals surface area contributed by atoms with Gasteiger partial charge in [-0.25, -0.2) is 4.79 Å². The van der Waals surface area contributed by atoms with Crippen LogP contribution in [0.2, 0.25) is 0 Å². The van der Waals surface area contributed by atoms with E-state index >= 15 is 0 Å². The fourth-order valence-electron chi connectivity index (χ4n) is 2.72. The predicted octanol–water partition coefficient (Wildman–Crippen LogP) is 2.85. The lowest BCUT2D eigenvalue weighted by Gasteiger charge is -2.29. The summed E-state index contributed by atoms with van der Waals surface area (Å²) in [6, 6.07) is 2.43. The summed E-state index contributed by atoms with van der Waals surface area (Å²) in [5.74, 6) is 0. The Hall–Kier alpha value is -1.56. The Kier molecular flexibility index (Phi) is 5.45. The molecule has 1 aromatic heterocycles. The number of aromatic nitrogens is 2. The highest BCUT2D eigenvalue weighted by Gasteiger charge is 2.27. The molecule has 0 aliphatic carbocycles. The molecule has 1 saturated heterocycles. The van der Waals surface area contributed by atoms with Crippen molar-refractivity contribution in [1.29, 1.82) is 0 Å². The largest absolute Gasteiger partial charge is 0.444 e. The SMILES string of the molecule is CC(NC1CCCCN(C(=O)OC(C)(C)C)C1)c1ccn[nH]1. The topological polar surface area (TPSA) is 70.2 Å². The summed E-state index contributed by atoms with van der Waals surface area (Å²) >= 11 is 0. The van der Waals surface area contributed by atoms with Gasteiger partial charge in [-0.15, -0.1) is 0 Å². The van der Waals surface area contributed by atoms with Crippen LogP contribution in [-0.2, 0) is 4.74 Å². The van der Waals surface area contributed by atoms with Gasteiger partial charge < -0.3 is 15.0 Å². The number of amides is 1. The van der Waals surface area contributed by atoms with Gasteiger partial charge in [0.15, 0.2) is 0 Å². The van der Waals surface area contributed by atoms with Crippen LogP contribution in [-0.4, -0.2) is 45.9 Å². The summed E-state index contributed by atoms with van der Waals surface area (Å²) in [5, 5.41) is 10.6. The molecule has 0 spiro atoms. The summed E-state index contributed by atoms with van der Waals surface area (Å²) in [7, 11) is 0. The second kappa shape index (κ2) is 7.13. The van der Waals surface area contributed by atoms with Gasteiger partial charge in [-0.05, 0) is 46.6 Å². The highest BCUT2D eigenvalue weighted by atomic mass is 16.6. The number of carbonyl (C=O) groups is 1. The third-order valence-electron chi connectivity index (χ3n) is 3.80. The summed E-state index contributed by atoms with van der Waals surface area (Å²) in [6.07, 6.45) is 4.75. The zero-order valence-corrected chi connectivity index (χ0v) is 14.1. The van der Waals surface area contributed by atoms with Crippen molar-refractivity contribution in [2.75, 3.05) is 13.1 Å². The number of H-pyrrole nitrogens is 1. The first-order valence-corrected chi connectivity index (χ1v) is 8.08. The molecule has 0 radical (unpaired) electrons. The molecular weight excluding hydrogens is 280 g/mol. The lowest BCUT2D eigenvalue weighted by Crippen LogP contribution is -2.45. The van der Waals surface area contributed by atoms with Crippen LogP contribution < -0.4 is 5.32 Å². The first kappa shape index (κ1) is 16.8. The van der Waals surface area contributed by atoms with E-state index in [-0.39, 0.29) is 18.2 Å². The van der Waals surface area contributed by atoms with Crippen molar-refractivity contribution in [2.24, 2.45) is 0 Å². The van der Waals surface area contributed by atoms with Crippen LogP contribution in [0.15, 0.2) is 12.3 Å². The normalized spacial score (nSPS) is 21.3. The van der Waals surface area contributed by atoms with Crippen molar-refractivity contribution < 1.29 is 9.53 Å². The van der Waals surface area contributed by atoms with Crippen molar-refractivity contribution in [2.45, 2.75) is 64.6 Å². The molecule has 2 atom stereocenters. The van der Waals surface area contributed by atoms with E-state index in [4.69, 9.17) is 4.74 Å². The third-order valence-corrected chi connectivity index (χ3v) is 3.80. The number of rotatable bonds is 3. The number of carbonyl (C=O) groups excluding carboxylic acids is 1. The Balaban J connectivity index is 1.93. The maximum atomic E-state index is 12.3. The second-order valence-electron chi connectivity index (χ2n) is 7.02. The molecule has 0 aromatic carbocycles. The molecule has 1 fully saturated rings. The number of ether oxygens (including phenoxy) is 1. The predicted molar refractivity (Wildman–Crippen MR) is 85.6 cm³/mol. The van der Waals surface area contributed by atoms with Crippen molar-refractivity contribution in [3.05, 3.63) is 18.0 Å².